The Hall–Kier alpha value is -3.10. The molecule has 2 saturated heterocycles. The number of thiazole rings is 1. The number of nitrogens with one attached hydrogen (secondary N) is 1. The maximum Gasteiger partial charge on any atom is 0.206 e. The molecule has 5 rings (SSSR count). The van der Waals surface area contributed by atoms with Crippen LogP contribution in [-0.4, -0.2) is 53.0 Å². The van der Waals surface area contributed by atoms with Gasteiger partial charge in [0.15, 0.2) is 5.13 Å². The van der Waals surface area contributed by atoms with E-state index in [4.69, 9.17) is 5.73 Å². The molecule has 1 aromatic heterocycles. The zero-order valence-corrected chi connectivity index (χ0v) is 20.1. The molecule has 3 heterocycles. The van der Waals surface area contributed by atoms with Gasteiger partial charge in [-0.3, -0.25) is 4.79 Å². The van der Waals surface area contributed by atoms with Gasteiger partial charge in [-0.05, 0) is 87.3 Å². The zero-order valence-electron chi connectivity index (χ0n) is 19.2. The van der Waals surface area contributed by atoms with E-state index in [2.05, 4.69) is 32.2 Å². The summed E-state index contributed by atoms with van der Waals surface area (Å²) in [6.45, 7) is 4.74. The van der Waals surface area contributed by atoms with Crippen molar-refractivity contribution in [3.8, 4) is 5.75 Å². The van der Waals surface area contributed by atoms with Gasteiger partial charge in [-0.1, -0.05) is 17.8 Å². The van der Waals surface area contributed by atoms with Crippen LogP contribution in [0.15, 0.2) is 48.5 Å². The summed E-state index contributed by atoms with van der Waals surface area (Å²) >= 11 is 1.23. The second-order valence-corrected chi connectivity index (χ2v) is 10.1. The largest absolute Gasteiger partial charge is 0.508 e. The van der Waals surface area contributed by atoms with E-state index in [1.54, 1.807) is 12.1 Å². The summed E-state index contributed by atoms with van der Waals surface area (Å²) in [5.41, 5.74) is 8.64. The van der Waals surface area contributed by atoms with Crippen LogP contribution in [0.2, 0.25) is 0 Å². The number of aromatic nitrogens is 1. The van der Waals surface area contributed by atoms with Crippen LogP contribution in [0.5, 0.6) is 5.75 Å². The summed E-state index contributed by atoms with van der Waals surface area (Å²) in [6, 6.07) is 15.3. The molecule has 8 heteroatoms. The van der Waals surface area contributed by atoms with Gasteiger partial charge in [-0.25, -0.2) is 4.98 Å². The normalized spacial score (nSPS) is 17.6. The smallest absolute Gasteiger partial charge is 0.206 e. The Kier molecular flexibility index (Phi) is 6.69. The number of likely N-dealkylation sites (tertiary alicyclic amines) is 1. The van der Waals surface area contributed by atoms with Crippen molar-refractivity contribution in [2.24, 2.45) is 0 Å². The third-order valence-corrected chi connectivity index (χ3v) is 7.83. The molecule has 0 unspecified atom stereocenters. The van der Waals surface area contributed by atoms with Gasteiger partial charge in [0.2, 0.25) is 5.78 Å². The summed E-state index contributed by atoms with van der Waals surface area (Å²) < 4.78 is 0. The summed E-state index contributed by atoms with van der Waals surface area (Å²) in [5, 5.41) is 13.3. The molecule has 2 fully saturated rings. The van der Waals surface area contributed by atoms with E-state index in [9.17, 15) is 9.90 Å². The number of hydrogen-bond donors (Lipinski definition) is 3. The van der Waals surface area contributed by atoms with Crippen molar-refractivity contribution in [1.29, 1.82) is 0 Å². The SMILES string of the molecule is Nc1nc(Nc2ccc(N3CCC(N4CCCCC4)CC3)cc2)sc1C(=O)c1ccc(O)cc1. The number of hydrogen-bond acceptors (Lipinski definition) is 8. The van der Waals surface area contributed by atoms with Gasteiger partial charge in [0, 0.05) is 36.1 Å². The number of phenolic OH excluding ortho intramolecular Hbond substituents is 1. The maximum absolute atomic E-state index is 12.8. The molecule has 0 amide bonds. The van der Waals surface area contributed by atoms with E-state index in [0.717, 1.165) is 24.8 Å². The molecule has 2 aliphatic rings. The monoisotopic (exact) mass is 477 g/mol. The van der Waals surface area contributed by atoms with Crippen molar-refractivity contribution < 1.29 is 9.90 Å². The van der Waals surface area contributed by atoms with Crippen LogP contribution in [0.3, 0.4) is 0 Å². The van der Waals surface area contributed by atoms with Gasteiger partial charge in [-0.15, -0.1) is 0 Å². The average molecular weight is 478 g/mol. The van der Waals surface area contributed by atoms with E-state index < -0.39 is 0 Å². The molecule has 0 radical (unpaired) electrons. The summed E-state index contributed by atoms with van der Waals surface area (Å²) in [4.78, 5) is 22.7. The number of rotatable bonds is 6. The van der Waals surface area contributed by atoms with Crippen molar-refractivity contribution in [1.82, 2.24) is 9.88 Å². The number of benzene rings is 2. The highest BCUT2D eigenvalue weighted by Gasteiger charge is 2.25. The summed E-state index contributed by atoms with van der Waals surface area (Å²) in [6.07, 6.45) is 6.56. The van der Waals surface area contributed by atoms with Crippen molar-refractivity contribution in [2.45, 2.75) is 38.1 Å². The van der Waals surface area contributed by atoms with Crippen LogP contribution >= 0.6 is 11.3 Å². The van der Waals surface area contributed by atoms with E-state index in [-0.39, 0.29) is 17.4 Å². The number of ketones is 1. The first kappa shape index (κ1) is 22.7. The van der Waals surface area contributed by atoms with Gasteiger partial charge < -0.3 is 26.0 Å². The van der Waals surface area contributed by atoms with Crippen LogP contribution in [0.4, 0.5) is 22.3 Å². The molecule has 0 aliphatic carbocycles. The fourth-order valence-corrected chi connectivity index (χ4v) is 5.81. The standard InChI is InChI=1S/C26H31N5O2S/c27-25-24(23(33)18-4-10-22(32)11-5-18)34-26(29-25)28-19-6-8-20(9-7-19)31-16-12-21(13-17-31)30-14-2-1-3-15-30/h4-11,21,32H,1-3,12-17,27H2,(H,28,29). The van der Waals surface area contributed by atoms with Gasteiger partial charge in [0.05, 0.1) is 0 Å². The van der Waals surface area contributed by atoms with E-state index in [0.29, 0.717) is 15.6 Å². The second-order valence-electron chi connectivity index (χ2n) is 9.10. The van der Waals surface area contributed by atoms with Crippen LogP contribution < -0.4 is 16.0 Å². The van der Waals surface area contributed by atoms with Crippen molar-refractivity contribution in [2.75, 3.05) is 42.1 Å². The number of carbonyl (C=O) groups is 1. The fraction of sp³-hybridized carbons (Fsp3) is 0.385. The number of phenols is 1. The Morgan fingerprint density at radius 3 is 2.32 bits per heavy atom. The Balaban J connectivity index is 1.19. The van der Waals surface area contributed by atoms with Crippen LogP contribution in [0.1, 0.15) is 47.3 Å². The molecule has 34 heavy (non-hydrogen) atoms. The van der Waals surface area contributed by atoms with Crippen LogP contribution in [-0.2, 0) is 0 Å². The number of piperidine rings is 2. The average Bonchev–Trinajstić information content (AvgIpc) is 3.25. The van der Waals surface area contributed by atoms with Crippen molar-refractivity contribution in [3.63, 3.8) is 0 Å². The lowest BCUT2D eigenvalue weighted by Gasteiger charge is -2.41. The molecule has 7 nitrogen and oxygen atoms in total. The van der Waals surface area contributed by atoms with Gasteiger partial charge in [0.1, 0.15) is 16.4 Å². The quantitative estimate of drug-likeness (QED) is 0.437. The molecule has 178 valence electrons. The summed E-state index contributed by atoms with van der Waals surface area (Å²) in [7, 11) is 0. The van der Waals surface area contributed by atoms with Crippen molar-refractivity contribution >= 4 is 39.4 Å². The number of nitrogen functional groups attached to an aromatic ring is 1. The Labute approximate surface area is 204 Å². The number of nitrogens with zero attached hydrogens (tertiary/aromatic N) is 3. The highest BCUT2D eigenvalue weighted by Crippen LogP contribution is 2.31. The molecule has 3 aromatic rings. The molecule has 2 aliphatic heterocycles. The lowest BCUT2D eigenvalue weighted by Crippen LogP contribution is -2.46. The molecule has 0 spiro atoms. The van der Waals surface area contributed by atoms with E-state index in [1.807, 2.05) is 12.1 Å². The van der Waals surface area contributed by atoms with Crippen LogP contribution in [0.25, 0.3) is 0 Å². The minimum absolute atomic E-state index is 0.117. The minimum atomic E-state index is -0.202. The Bertz CT molecular complexity index is 1120. The molecule has 0 saturated carbocycles. The lowest BCUT2D eigenvalue weighted by atomic mass is 9.99. The molecule has 2 aromatic carbocycles. The Morgan fingerprint density at radius 1 is 0.971 bits per heavy atom. The lowest BCUT2D eigenvalue weighted by molar-refractivity contribution is 0.104. The molecule has 0 bridgehead atoms. The van der Waals surface area contributed by atoms with Crippen LogP contribution in [0, 0.1) is 0 Å². The first-order valence-electron chi connectivity index (χ1n) is 12.0. The van der Waals surface area contributed by atoms with E-state index >= 15 is 0 Å². The second kappa shape index (κ2) is 10.0. The molecular weight excluding hydrogens is 446 g/mol. The fourth-order valence-electron chi connectivity index (χ4n) is 4.94. The minimum Gasteiger partial charge on any atom is -0.508 e. The predicted molar refractivity (Wildman–Crippen MR) is 138 cm³/mol. The van der Waals surface area contributed by atoms with Crippen molar-refractivity contribution in [3.05, 3.63) is 59.0 Å². The first-order chi connectivity index (χ1) is 16.6. The van der Waals surface area contributed by atoms with Gasteiger partial charge in [0.25, 0.3) is 0 Å². The van der Waals surface area contributed by atoms with Gasteiger partial charge >= 0.3 is 0 Å². The number of nitrogens with two attached hydrogens (primary N) is 1. The Morgan fingerprint density at radius 2 is 1.65 bits per heavy atom. The molecule has 0 atom stereocenters. The molecule has 4 N–H and O–H groups in total. The van der Waals surface area contributed by atoms with Gasteiger partial charge in [-0.2, -0.15) is 0 Å². The first-order valence-corrected chi connectivity index (χ1v) is 12.8. The third kappa shape index (κ3) is 5.03. The highest BCUT2D eigenvalue weighted by molar-refractivity contribution is 7.18. The highest BCUT2D eigenvalue weighted by atomic mass is 32.1. The van der Waals surface area contributed by atoms with E-state index in [1.165, 1.54) is 74.4 Å². The predicted octanol–water partition coefficient (Wildman–Crippen LogP) is 4.86. The summed E-state index contributed by atoms with van der Waals surface area (Å²) in [5.74, 6) is 0.121. The number of anilines is 4. The third-order valence-electron chi connectivity index (χ3n) is 6.84. The zero-order chi connectivity index (χ0) is 23.5. The molecular formula is C26H31N5O2S. The number of carbonyl (C=O) groups excluding carboxylic acids is 1. The topological polar surface area (TPSA) is 94.7 Å². The maximum atomic E-state index is 12.8. The number of aromatic hydroxyl groups is 1.